The Bertz CT molecular complexity index is 877. The Balaban J connectivity index is 1.59. The molecule has 0 radical (unpaired) electrons. The lowest BCUT2D eigenvalue weighted by Gasteiger charge is -2.38. The average molecular weight is 329 g/mol. The number of hydrogen-bond acceptors (Lipinski definition) is 6. The first-order chi connectivity index (χ1) is 11.0. The van der Waals surface area contributed by atoms with Gasteiger partial charge in [0.25, 0.3) is 0 Å². The predicted molar refractivity (Wildman–Crippen MR) is 89.2 cm³/mol. The van der Waals surface area contributed by atoms with E-state index in [4.69, 9.17) is 0 Å². The number of aryl methyl sites for hydroxylation is 2. The van der Waals surface area contributed by atoms with E-state index in [2.05, 4.69) is 16.1 Å². The van der Waals surface area contributed by atoms with E-state index in [-0.39, 0.29) is 10.6 Å². The number of hydrogen-bond donors (Lipinski definition) is 0. The predicted octanol–water partition coefficient (Wildman–Crippen LogP) is 2.85. The quantitative estimate of drug-likeness (QED) is 0.545. The number of thiazole rings is 1. The Kier molecular flexibility index (Phi) is 3.08. The van der Waals surface area contributed by atoms with Crippen molar-refractivity contribution in [1.82, 2.24) is 14.8 Å². The van der Waals surface area contributed by atoms with Crippen LogP contribution >= 0.6 is 11.3 Å². The lowest BCUT2D eigenvalue weighted by Crippen LogP contribution is -2.46. The number of nitrogens with zero attached hydrogens (tertiary/aromatic N) is 5. The maximum Gasteiger partial charge on any atom is 0.333 e. The van der Waals surface area contributed by atoms with E-state index in [9.17, 15) is 10.1 Å². The van der Waals surface area contributed by atoms with E-state index in [1.807, 2.05) is 23.1 Å². The molecule has 1 aromatic carbocycles. The van der Waals surface area contributed by atoms with Gasteiger partial charge in [0.1, 0.15) is 10.7 Å². The number of anilines is 1. The number of benzene rings is 1. The number of para-hydroxylation sites is 1. The third kappa shape index (κ3) is 2.17. The molecule has 0 saturated carbocycles. The van der Waals surface area contributed by atoms with Crippen LogP contribution < -0.4 is 4.90 Å². The molecule has 8 heteroatoms. The first kappa shape index (κ1) is 14.1. The fourth-order valence-corrected chi connectivity index (χ4v) is 4.13. The van der Waals surface area contributed by atoms with Gasteiger partial charge in [-0.3, -0.25) is 10.1 Å². The number of rotatable bonds is 3. The van der Waals surface area contributed by atoms with Gasteiger partial charge in [-0.25, -0.2) is 9.67 Å². The summed E-state index contributed by atoms with van der Waals surface area (Å²) in [5.41, 5.74) is 1.58. The summed E-state index contributed by atoms with van der Waals surface area (Å²) in [5, 5.41) is 16.6. The van der Waals surface area contributed by atoms with Gasteiger partial charge in [0, 0.05) is 26.1 Å². The Labute approximate surface area is 136 Å². The van der Waals surface area contributed by atoms with E-state index in [1.54, 1.807) is 30.0 Å². The molecule has 118 valence electrons. The molecule has 0 bridgehead atoms. The summed E-state index contributed by atoms with van der Waals surface area (Å²) < 4.78 is 2.78. The minimum absolute atomic E-state index is 0.107. The number of fused-ring (bicyclic) bond motifs is 1. The molecule has 0 amide bonds. The zero-order valence-corrected chi connectivity index (χ0v) is 13.6. The van der Waals surface area contributed by atoms with E-state index < -0.39 is 0 Å². The Morgan fingerprint density at radius 2 is 2.09 bits per heavy atom. The molecule has 2 aromatic heterocycles. The largest absolute Gasteiger partial charge is 0.350 e. The summed E-state index contributed by atoms with van der Waals surface area (Å²) in [6.07, 6.45) is 0. The van der Waals surface area contributed by atoms with Gasteiger partial charge in [0.15, 0.2) is 0 Å². The van der Waals surface area contributed by atoms with Crippen molar-refractivity contribution in [3.05, 3.63) is 45.1 Å². The van der Waals surface area contributed by atoms with Gasteiger partial charge in [0.05, 0.1) is 15.1 Å². The van der Waals surface area contributed by atoms with Crippen LogP contribution in [0.15, 0.2) is 24.3 Å². The van der Waals surface area contributed by atoms with Gasteiger partial charge in [-0.1, -0.05) is 12.1 Å². The molecular formula is C15H15N5O2S. The molecule has 3 heterocycles. The van der Waals surface area contributed by atoms with Crippen molar-refractivity contribution in [2.75, 3.05) is 18.0 Å². The molecule has 0 aliphatic carbocycles. The molecule has 0 unspecified atom stereocenters. The van der Waals surface area contributed by atoms with Crippen molar-refractivity contribution in [2.45, 2.75) is 12.8 Å². The van der Waals surface area contributed by atoms with Crippen molar-refractivity contribution in [3.8, 4) is 0 Å². The van der Waals surface area contributed by atoms with Crippen molar-refractivity contribution in [1.29, 1.82) is 0 Å². The summed E-state index contributed by atoms with van der Waals surface area (Å²) in [6, 6.07) is 8.09. The Hall–Kier alpha value is -2.48. The standard InChI is InChI=1S/C15H15N5O2S/c1-9-13(20(21)22)15(18(2)17-9)19-7-10(8-19)14-16-11-5-3-4-6-12(11)23-14/h3-6,10H,7-8H2,1-2H3. The zero-order chi connectivity index (χ0) is 16.1. The summed E-state index contributed by atoms with van der Waals surface area (Å²) in [7, 11) is 1.75. The first-order valence-corrected chi connectivity index (χ1v) is 8.14. The smallest absolute Gasteiger partial charge is 0.333 e. The molecule has 0 N–H and O–H groups in total. The van der Waals surface area contributed by atoms with Gasteiger partial charge in [-0.05, 0) is 19.1 Å². The Morgan fingerprint density at radius 3 is 2.78 bits per heavy atom. The van der Waals surface area contributed by atoms with Crippen LogP contribution in [-0.4, -0.2) is 32.8 Å². The summed E-state index contributed by atoms with van der Waals surface area (Å²) in [5.74, 6) is 0.909. The fraction of sp³-hybridized carbons (Fsp3) is 0.333. The highest BCUT2D eigenvalue weighted by molar-refractivity contribution is 7.18. The van der Waals surface area contributed by atoms with Crippen LogP contribution in [0.3, 0.4) is 0 Å². The van der Waals surface area contributed by atoms with Crippen molar-refractivity contribution in [3.63, 3.8) is 0 Å². The Morgan fingerprint density at radius 1 is 1.35 bits per heavy atom. The van der Waals surface area contributed by atoms with E-state index in [1.165, 1.54) is 4.70 Å². The maximum absolute atomic E-state index is 11.3. The lowest BCUT2D eigenvalue weighted by molar-refractivity contribution is -0.384. The van der Waals surface area contributed by atoms with Gasteiger partial charge in [-0.2, -0.15) is 5.10 Å². The van der Waals surface area contributed by atoms with Gasteiger partial charge in [-0.15, -0.1) is 11.3 Å². The van der Waals surface area contributed by atoms with Crippen LogP contribution in [0, 0.1) is 17.0 Å². The second-order valence-corrected chi connectivity index (χ2v) is 6.82. The average Bonchev–Trinajstić information content (AvgIpc) is 2.98. The number of nitro groups is 1. The third-order valence-corrected chi connectivity index (χ3v) is 5.38. The third-order valence-electron chi connectivity index (χ3n) is 4.18. The minimum Gasteiger partial charge on any atom is -0.350 e. The molecule has 1 aliphatic rings. The minimum atomic E-state index is -0.345. The zero-order valence-electron chi connectivity index (χ0n) is 12.8. The molecular weight excluding hydrogens is 314 g/mol. The summed E-state index contributed by atoms with van der Waals surface area (Å²) in [4.78, 5) is 17.6. The van der Waals surface area contributed by atoms with Crippen LogP contribution in [-0.2, 0) is 7.05 Å². The second kappa shape index (κ2) is 5.02. The van der Waals surface area contributed by atoms with Gasteiger partial charge < -0.3 is 4.90 Å². The highest BCUT2D eigenvalue weighted by Crippen LogP contribution is 2.39. The van der Waals surface area contributed by atoms with Crippen LogP contribution in [0.25, 0.3) is 10.2 Å². The van der Waals surface area contributed by atoms with Gasteiger partial charge >= 0.3 is 5.69 Å². The van der Waals surface area contributed by atoms with E-state index in [0.717, 1.165) is 23.6 Å². The molecule has 4 rings (SSSR count). The number of aromatic nitrogens is 3. The monoisotopic (exact) mass is 329 g/mol. The summed E-state index contributed by atoms with van der Waals surface area (Å²) in [6.45, 7) is 3.14. The molecule has 1 saturated heterocycles. The first-order valence-electron chi connectivity index (χ1n) is 7.33. The lowest BCUT2D eigenvalue weighted by atomic mass is 10.0. The maximum atomic E-state index is 11.3. The van der Waals surface area contributed by atoms with Crippen molar-refractivity contribution >= 4 is 33.1 Å². The van der Waals surface area contributed by atoms with Crippen LogP contribution in [0.4, 0.5) is 11.5 Å². The van der Waals surface area contributed by atoms with Crippen molar-refractivity contribution < 1.29 is 4.92 Å². The van der Waals surface area contributed by atoms with Crippen LogP contribution in [0.2, 0.25) is 0 Å². The van der Waals surface area contributed by atoms with Crippen LogP contribution in [0.1, 0.15) is 16.6 Å². The van der Waals surface area contributed by atoms with E-state index in [0.29, 0.717) is 17.4 Å². The highest BCUT2D eigenvalue weighted by atomic mass is 32.1. The molecule has 0 atom stereocenters. The topological polar surface area (TPSA) is 77.1 Å². The van der Waals surface area contributed by atoms with Crippen molar-refractivity contribution in [2.24, 2.45) is 7.05 Å². The molecule has 23 heavy (non-hydrogen) atoms. The fourth-order valence-electron chi connectivity index (χ4n) is 3.08. The summed E-state index contributed by atoms with van der Waals surface area (Å²) >= 11 is 1.70. The molecule has 0 spiro atoms. The molecule has 3 aromatic rings. The molecule has 7 nitrogen and oxygen atoms in total. The SMILES string of the molecule is Cc1nn(C)c(N2CC(c3nc4ccccc4s3)C2)c1[N+](=O)[O-]. The van der Waals surface area contributed by atoms with E-state index >= 15 is 0 Å². The second-order valence-electron chi connectivity index (χ2n) is 5.76. The normalized spacial score (nSPS) is 15.1. The van der Waals surface area contributed by atoms with Gasteiger partial charge in [0.2, 0.25) is 5.82 Å². The van der Waals surface area contributed by atoms with Crippen LogP contribution in [0.5, 0.6) is 0 Å². The molecule has 1 fully saturated rings. The molecule has 1 aliphatic heterocycles. The highest BCUT2D eigenvalue weighted by Gasteiger charge is 2.37.